The summed E-state index contributed by atoms with van der Waals surface area (Å²) in [5, 5.41) is 3.47. The molecule has 0 saturated carbocycles. The third-order valence-corrected chi connectivity index (χ3v) is 5.12. The molecule has 2 aromatic rings. The number of piperidine rings is 1. The van der Waals surface area contributed by atoms with Crippen molar-refractivity contribution in [3.8, 4) is 0 Å². The molecule has 2 aliphatic heterocycles. The standard InChI is InChI=1S/C18H24N4O2/c1-3-16(23-11-1)14-22-9-5-18(6-10-22)13-15(4-12-24-18)21-17-19-7-2-8-20-17/h1-3,7-8,11,15H,4-6,9-10,12-14H2,(H,19,20,21)/t15-/m0/s1. The van der Waals surface area contributed by atoms with E-state index in [4.69, 9.17) is 9.15 Å². The van der Waals surface area contributed by atoms with Crippen LogP contribution in [0.1, 0.15) is 31.4 Å². The zero-order chi connectivity index (χ0) is 16.2. The van der Waals surface area contributed by atoms with Crippen LogP contribution in [0.3, 0.4) is 0 Å². The molecule has 6 heteroatoms. The van der Waals surface area contributed by atoms with Gasteiger partial charge in [-0.3, -0.25) is 4.90 Å². The third kappa shape index (κ3) is 3.60. The first-order valence-corrected chi connectivity index (χ1v) is 8.74. The minimum absolute atomic E-state index is 0.00433. The number of furan rings is 1. The summed E-state index contributed by atoms with van der Waals surface area (Å²) in [6, 6.07) is 6.22. The van der Waals surface area contributed by atoms with Crippen LogP contribution in [0.25, 0.3) is 0 Å². The molecule has 128 valence electrons. The van der Waals surface area contributed by atoms with Crippen molar-refractivity contribution >= 4 is 5.95 Å². The predicted octanol–water partition coefficient (Wildman–Crippen LogP) is 2.70. The molecule has 2 aliphatic rings. The molecule has 0 unspecified atom stereocenters. The van der Waals surface area contributed by atoms with Gasteiger partial charge < -0.3 is 14.5 Å². The number of hydrogen-bond donors (Lipinski definition) is 1. The molecule has 2 aromatic heterocycles. The maximum atomic E-state index is 6.23. The highest BCUT2D eigenvalue weighted by Gasteiger charge is 2.40. The molecule has 1 atom stereocenters. The van der Waals surface area contributed by atoms with Gasteiger partial charge in [0.15, 0.2) is 0 Å². The minimum atomic E-state index is 0.00433. The summed E-state index contributed by atoms with van der Waals surface area (Å²) < 4.78 is 11.7. The van der Waals surface area contributed by atoms with Crippen LogP contribution in [0.4, 0.5) is 5.95 Å². The van der Waals surface area contributed by atoms with Gasteiger partial charge in [0.2, 0.25) is 5.95 Å². The van der Waals surface area contributed by atoms with Crippen molar-refractivity contribution in [2.24, 2.45) is 0 Å². The van der Waals surface area contributed by atoms with Gasteiger partial charge in [0.25, 0.3) is 0 Å². The molecule has 1 N–H and O–H groups in total. The first kappa shape index (κ1) is 15.6. The maximum absolute atomic E-state index is 6.23. The minimum Gasteiger partial charge on any atom is -0.468 e. The highest BCUT2D eigenvalue weighted by atomic mass is 16.5. The van der Waals surface area contributed by atoms with Crippen LogP contribution in [0.2, 0.25) is 0 Å². The van der Waals surface area contributed by atoms with Gasteiger partial charge in [-0.25, -0.2) is 9.97 Å². The maximum Gasteiger partial charge on any atom is 0.222 e. The Kier molecular flexibility index (Phi) is 4.49. The van der Waals surface area contributed by atoms with Crippen LogP contribution in [0.5, 0.6) is 0 Å². The predicted molar refractivity (Wildman–Crippen MR) is 90.6 cm³/mol. The molecule has 0 amide bonds. The second kappa shape index (κ2) is 6.91. The molecule has 2 saturated heterocycles. The first-order chi connectivity index (χ1) is 11.8. The second-order valence-electron chi connectivity index (χ2n) is 6.79. The average Bonchev–Trinajstić information content (AvgIpc) is 3.11. The van der Waals surface area contributed by atoms with E-state index in [1.807, 2.05) is 18.2 Å². The average molecular weight is 328 g/mol. The van der Waals surface area contributed by atoms with Gasteiger partial charge in [-0.15, -0.1) is 0 Å². The van der Waals surface area contributed by atoms with Gasteiger partial charge in [-0.2, -0.15) is 0 Å². The quantitative estimate of drug-likeness (QED) is 0.931. The SMILES string of the molecule is c1cnc(N[C@H]2CCOC3(CCN(Cc4ccco4)CC3)C2)nc1. The van der Waals surface area contributed by atoms with E-state index in [0.29, 0.717) is 6.04 Å². The van der Waals surface area contributed by atoms with Crippen molar-refractivity contribution in [3.05, 3.63) is 42.6 Å². The highest BCUT2D eigenvalue weighted by Crippen LogP contribution is 2.36. The summed E-state index contributed by atoms with van der Waals surface area (Å²) in [4.78, 5) is 11.0. The molecule has 0 bridgehead atoms. The Hall–Kier alpha value is -1.92. The third-order valence-electron chi connectivity index (χ3n) is 5.12. The van der Waals surface area contributed by atoms with E-state index in [2.05, 4.69) is 20.2 Å². The van der Waals surface area contributed by atoms with Crippen LogP contribution in [0, 0.1) is 0 Å². The van der Waals surface area contributed by atoms with Gasteiger partial charge in [-0.05, 0) is 43.9 Å². The Labute approximate surface area is 142 Å². The number of nitrogens with one attached hydrogen (secondary N) is 1. The summed E-state index contributed by atoms with van der Waals surface area (Å²) >= 11 is 0. The fourth-order valence-electron chi connectivity index (χ4n) is 3.80. The lowest BCUT2D eigenvalue weighted by atomic mass is 9.82. The van der Waals surface area contributed by atoms with Gasteiger partial charge in [0.05, 0.1) is 18.4 Å². The van der Waals surface area contributed by atoms with Crippen molar-refractivity contribution < 1.29 is 9.15 Å². The lowest BCUT2D eigenvalue weighted by Crippen LogP contribution is -2.51. The van der Waals surface area contributed by atoms with Crippen LogP contribution in [0.15, 0.2) is 41.3 Å². The normalized spacial score (nSPS) is 24.1. The Morgan fingerprint density at radius 2 is 2.04 bits per heavy atom. The number of aromatic nitrogens is 2. The molecule has 4 rings (SSSR count). The fraction of sp³-hybridized carbons (Fsp3) is 0.556. The molecule has 24 heavy (non-hydrogen) atoms. The van der Waals surface area contributed by atoms with E-state index < -0.39 is 0 Å². The topological polar surface area (TPSA) is 63.4 Å². The van der Waals surface area contributed by atoms with Crippen molar-refractivity contribution in [1.82, 2.24) is 14.9 Å². The van der Waals surface area contributed by atoms with Gasteiger partial charge >= 0.3 is 0 Å². The number of rotatable bonds is 4. The molecular formula is C18H24N4O2. The molecule has 0 aliphatic carbocycles. The van der Waals surface area contributed by atoms with E-state index >= 15 is 0 Å². The van der Waals surface area contributed by atoms with E-state index in [1.54, 1.807) is 18.7 Å². The van der Waals surface area contributed by atoms with Gasteiger partial charge in [-0.1, -0.05) is 0 Å². The first-order valence-electron chi connectivity index (χ1n) is 8.74. The van der Waals surface area contributed by atoms with E-state index in [0.717, 1.165) is 63.6 Å². The number of likely N-dealkylation sites (tertiary alicyclic amines) is 1. The smallest absolute Gasteiger partial charge is 0.222 e. The summed E-state index contributed by atoms with van der Waals surface area (Å²) in [5.74, 6) is 1.76. The molecular weight excluding hydrogens is 304 g/mol. The highest BCUT2D eigenvalue weighted by molar-refractivity contribution is 5.25. The van der Waals surface area contributed by atoms with Crippen LogP contribution in [-0.2, 0) is 11.3 Å². The molecule has 2 fully saturated rings. The van der Waals surface area contributed by atoms with Crippen molar-refractivity contribution in [2.75, 3.05) is 25.0 Å². The number of nitrogens with zero attached hydrogens (tertiary/aromatic N) is 3. The van der Waals surface area contributed by atoms with Gasteiger partial charge in [0, 0.05) is 38.1 Å². The van der Waals surface area contributed by atoms with E-state index in [-0.39, 0.29) is 5.60 Å². The molecule has 6 nitrogen and oxygen atoms in total. The van der Waals surface area contributed by atoms with Crippen molar-refractivity contribution in [3.63, 3.8) is 0 Å². The number of hydrogen-bond acceptors (Lipinski definition) is 6. The van der Waals surface area contributed by atoms with Crippen LogP contribution < -0.4 is 5.32 Å². The Balaban J connectivity index is 1.32. The Bertz CT molecular complexity index is 624. The fourth-order valence-corrected chi connectivity index (χ4v) is 3.80. The number of ether oxygens (including phenoxy) is 1. The van der Waals surface area contributed by atoms with Crippen LogP contribution in [-0.4, -0.2) is 46.2 Å². The lowest BCUT2D eigenvalue weighted by molar-refractivity contribution is -0.115. The van der Waals surface area contributed by atoms with E-state index in [1.165, 1.54) is 0 Å². The molecule has 0 radical (unpaired) electrons. The van der Waals surface area contributed by atoms with Crippen molar-refractivity contribution in [2.45, 2.75) is 43.9 Å². The monoisotopic (exact) mass is 328 g/mol. The van der Waals surface area contributed by atoms with Crippen molar-refractivity contribution in [1.29, 1.82) is 0 Å². The zero-order valence-corrected chi connectivity index (χ0v) is 13.9. The summed E-state index contributed by atoms with van der Waals surface area (Å²) in [6.45, 7) is 3.80. The summed E-state index contributed by atoms with van der Waals surface area (Å²) in [6.07, 6.45) is 9.47. The Morgan fingerprint density at radius 3 is 2.79 bits per heavy atom. The number of anilines is 1. The van der Waals surface area contributed by atoms with E-state index in [9.17, 15) is 0 Å². The lowest BCUT2D eigenvalue weighted by Gasteiger charge is -2.46. The van der Waals surface area contributed by atoms with Gasteiger partial charge in [0.1, 0.15) is 5.76 Å². The summed E-state index contributed by atoms with van der Waals surface area (Å²) in [7, 11) is 0. The molecule has 0 aromatic carbocycles. The second-order valence-corrected chi connectivity index (χ2v) is 6.79. The molecule has 1 spiro atoms. The Morgan fingerprint density at radius 1 is 1.21 bits per heavy atom. The van der Waals surface area contributed by atoms with Crippen LogP contribution >= 0.6 is 0 Å². The zero-order valence-electron chi connectivity index (χ0n) is 13.9. The largest absolute Gasteiger partial charge is 0.468 e. The summed E-state index contributed by atoms with van der Waals surface area (Å²) in [5.41, 5.74) is 0.00433. The molecule has 4 heterocycles.